The second kappa shape index (κ2) is 13.2. The van der Waals surface area contributed by atoms with Crippen molar-refractivity contribution in [2.45, 2.75) is 0 Å². The first kappa shape index (κ1) is 32.0. The number of anilines is 6. The molecule has 0 atom stereocenters. The van der Waals surface area contributed by atoms with Crippen LogP contribution in [-0.4, -0.2) is 0 Å². The van der Waals surface area contributed by atoms with Gasteiger partial charge in [0.05, 0.1) is 5.69 Å². The predicted molar refractivity (Wildman–Crippen MR) is 241 cm³/mol. The fourth-order valence-corrected chi connectivity index (χ4v) is 8.72. The summed E-state index contributed by atoms with van der Waals surface area (Å²) in [6.07, 6.45) is 0. The van der Waals surface area contributed by atoms with Gasteiger partial charge in [-0.3, -0.25) is 0 Å². The highest BCUT2D eigenvalue weighted by atomic mass is 15.2. The smallest absolute Gasteiger partial charge is 0.0567 e. The van der Waals surface area contributed by atoms with Crippen LogP contribution in [0.1, 0.15) is 0 Å². The summed E-state index contributed by atoms with van der Waals surface area (Å²) >= 11 is 0. The van der Waals surface area contributed by atoms with Crippen molar-refractivity contribution in [3.8, 4) is 0 Å². The van der Waals surface area contributed by atoms with E-state index in [1.54, 1.807) is 0 Å². The second-order valence-electron chi connectivity index (χ2n) is 14.6. The predicted octanol–water partition coefficient (Wildman–Crippen LogP) is 15.5. The molecule has 0 saturated heterocycles. The van der Waals surface area contributed by atoms with Crippen LogP contribution in [-0.2, 0) is 0 Å². The van der Waals surface area contributed by atoms with Gasteiger partial charge in [-0.1, -0.05) is 158 Å². The van der Waals surface area contributed by atoms with E-state index in [1.165, 1.54) is 64.6 Å². The van der Waals surface area contributed by atoms with E-state index in [-0.39, 0.29) is 0 Å². The Hall–Kier alpha value is -7.42. The molecule has 0 heterocycles. The Bertz CT molecular complexity index is 3260. The summed E-state index contributed by atoms with van der Waals surface area (Å²) < 4.78 is 0. The summed E-state index contributed by atoms with van der Waals surface area (Å²) in [5.41, 5.74) is 6.61. The average Bonchev–Trinajstić information content (AvgIpc) is 3.27. The van der Waals surface area contributed by atoms with Crippen molar-refractivity contribution in [3.63, 3.8) is 0 Å². The van der Waals surface area contributed by atoms with E-state index in [1.807, 2.05) is 0 Å². The minimum absolute atomic E-state index is 1.09. The molecule has 0 aliphatic rings. The zero-order valence-electron chi connectivity index (χ0n) is 30.7. The van der Waals surface area contributed by atoms with Gasteiger partial charge in [0.1, 0.15) is 0 Å². The lowest BCUT2D eigenvalue weighted by molar-refractivity contribution is 1.27. The molecular weight excluding hydrogens is 677 g/mol. The van der Waals surface area contributed by atoms with E-state index in [0.29, 0.717) is 0 Å². The molecule has 0 spiro atoms. The van der Waals surface area contributed by atoms with Gasteiger partial charge in [-0.25, -0.2) is 0 Å². The summed E-state index contributed by atoms with van der Waals surface area (Å²) in [5, 5.41) is 14.8. The van der Waals surface area contributed by atoms with Gasteiger partial charge in [0.2, 0.25) is 0 Å². The molecule has 0 fully saturated rings. The van der Waals surface area contributed by atoms with E-state index in [0.717, 1.165) is 34.1 Å². The van der Waals surface area contributed by atoms with Gasteiger partial charge in [-0.15, -0.1) is 0 Å². The van der Waals surface area contributed by atoms with Crippen molar-refractivity contribution in [1.29, 1.82) is 0 Å². The zero-order chi connectivity index (χ0) is 37.0. The largest absolute Gasteiger partial charge is 0.310 e. The van der Waals surface area contributed by atoms with E-state index in [2.05, 4.69) is 228 Å². The molecule has 0 saturated carbocycles. The summed E-state index contributed by atoms with van der Waals surface area (Å²) in [5.74, 6) is 0. The molecule has 11 aromatic rings. The van der Waals surface area contributed by atoms with Crippen molar-refractivity contribution in [2.24, 2.45) is 0 Å². The molecule has 56 heavy (non-hydrogen) atoms. The van der Waals surface area contributed by atoms with E-state index in [9.17, 15) is 0 Å². The maximum atomic E-state index is 2.45. The molecular formula is C54H36N2. The third kappa shape index (κ3) is 5.34. The van der Waals surface area contributed by atoms with Gasteiger partial charge in [0.25, 0.3) is 0 Å². The zero-order valence-corrected chi connectivity index (χ0v) is 30.7. The van der Waals surface area contributed by atoms with Crippen LogP contribution in [0.3, 0.4) is 0 Å². The van der Waals surface area contributed by atoms with Gasteiger partial charge in [0, 0.05) is 33.8 Å². The Morgan fingerprint density at radius 2 is 0.607 bits per heavy atom. The molecule has 0 aliphatic heterocycles. The van der Waals surface area contributed by atoms with Crippen LogP contribution in [0.15, 0.2) is 218 Å². The van der Waals surface area contributed by atoms with Gasteiger partial charge < -0.3 is 9.80 Å². The number of rotatable bonds is 6. The molecule has 0 radical (unpaired) electrons. The second-order valence-corrected chi connectivity index (χ2v) is 14.6. The van der Waals surface area contributed by atoms with Gasteiger partial charge in [0.15, 0.2) is 0 Å². The Kier molecular flexibility index (Phi) is 7.53. The van der Waals surface area contributed by atoms with Crippen LogP contribution < -0.4 is 9.80 Å². The van der Waals surface area contributed by atoms with Crippen LogP contribution in [0, 0.1) is 0 Å². The Balaban J connectivity index is 1.20. The number of benzene rings is 11. The van der Waals surface area contributed by atoms with Gasteiger partial charge >= 0.3 is 0 Å². The first-order valence-electron chi connectivity index (χ1n) is 19.3. The lowest BCUT2D eigenvalue weighted by Gasteiger charge is -2.31. The summed E-state index contributed by atoms with van der Waals surface area (Å²) in [6.45, 7) is 0. The Labute approximate surface area is 325 Å². The standard InChI is InChI=1S/C54H36N2/c1-3-16-43(17-4-1)55(45-29-31-50-40(33-45)26-23-37-13-7-10-20-48(37)50)47-35-42-28-25-39-15-9-12-22-52(39)54(42)53(36-47)56(44-18-5-2-6-19-44)46-30-32-51-41(34-46)27-24-38-14-8-11-21-49(38)51/h1-36H. The lowest BCUT2D eigenvalue weighted by atomic mass is 9.97. The van der Waals surface area contributed by atoms with Crippen LogP contribution in [0.4, 0.5) is 34.1 Å². The molecule has 0 bridgehead atoms. The molecule has 0 amide bonds. The molecule has 0 N–H and O–H groups in total. The summed E-state index contributed by atoms with van der Waals surface area (Å²) in [4.78, 5) is 4.85. The van der Waals surface area contributed by atoms with Gasteiger partial charge in [-0.2, -0.15) is 0 Å². The van der Waals surface area contributed by atoms with Gasteiger partial charge in [-0.05, 0) is 120 Å². The van der Waals surface area contributed by atoms with Crippen LogP contribution in [0.5, 0.6) is 0 Å². The fraction of sp³-hybridized carbons (Fsp3) is 0. The number of nitrogens with zero attached hydrogens (tertiary/aromatic N) is 2. The van der Waals surface area contributed by atoms with Crippen molar-refractivity contribution in [3.05, 3.63) is 218 Å². The van der Waals surface area contributed by atoms with Crippen molar-refractivity contribution in [2.75, 3.05) is 9.80 Å². The van der Waals surface area contributed by atoms with Crippen molar-refractivity contribution < 1.29 is 0 Å². The average molecular weight is 713 g/mol. The molecule has 262 valence electrons. The number of hydrogen-bond acceptors (Lipinski definition) is 2. The maximum Gasteiger partial charge on any atom is 0.0567 e. The van der Waals surface area contributed by atoms with E-state index in [4.69, 9.17) is 0 Å². The third-order valence-corrected chi connectivity index (χ3v) is 11.3. The number of para-hydroxylation sites is 2. The molecule has 11 aromatic carbocycles. The normalized spacial score (nSPS) is 11.6. The summed E-state index contributed by atoms with van der Waals surface area (Å²) in [6, 6.07) is 79.7. The number of hydrogen-bond donors (Lipinski definition) is 0. The quantitative estimate of drug-likeness (QED) is 0.158. The minimum atomic E-state index is 1.09. The van der Waals surface area contributed by atoms with E-state index >= 15 is 0 Å². The van der Waals surface area contributed by atoms with Crippen LogP contribution >= 0.6 is 0 Å². The molecule has 0 aliphatic carbocycles. The molecule has 2 nitrogen and oxygen atoms in total. The monoisotopic (exact) mass is 712 g/mol. The molecule has 2 heteroatoms. The summed E-state index contributed by atoms with van der Waals surface area (Å²) in [7, 11) is 0. The highest BCUT2D eigenvalue weighted by molar-refractivity contribution is 6.17. The topological polar surface area (TPSA) is 6.48 Å². The molecule has 11 rings (SSSR count). The van der Waals surface area contributed by atoms with E-state index < -0.39 is 0 Å². The SMILES string of the molecule is c1ccc(N(c2ccc3c(ccc4ccccc43)c2)c2cc(N(c3ccccc3)c3ccc4c(ccc5ccccc54)c3)c3c(ccc4ccccc43)c2)cc1. The van der Waals surface area contributed by atoms with Crippen molar-refractivity contribution >= 4 is 98.8 Å². The third-order valence-electron chi connectivity index (χ3n) is 11.3. The number of fused-ring (bicyclic) bond motifs is 9. The molecule has 0 unspecified atom stereocenters. The lowest BCUT2D eigenvalue weighted by Crippen LogP contribution is -2.14. The Morgan fingerprint density at radius 3 is 1.18 bits per heavy atom. The van der Waals surface area contributed by atoms with Crippen LogP contribution in [0.25, 0.3) is 64.6 Å². The first-order valence-corrected chi connectivity index (χ1v) is 19.3. The molecule has 0 aromatic heterocycles. The van der Waals surface area contributed by atoms with Crippen LogP contribution in [0.2, 0.25) is 0 Å². The first-order chi connectivity index (χ1) is 27.8. The Morgan fingerprint density at radius 1 is 0.214 bits per heavy atom. The maximum absolute atomic E-state index is 2.45. The minimum Gasteiger partial charge on any atom is -0.310 e. The van der Waals surface area contributed by atoms with Crippen molar-refractivity contribution in [1.82, 2.24) is 0 Å². The highest BCUT2D eigenvalue weighted by Crippen LogP contribution is 2.47. The highest BCUT2D eigenvalue weighted by Gasteiger charge is 2.22. The fourth-order valence-electron chi connectivity index (χ4n) is 8.72.